The smallest absolute Gasteiger partial charge is 0.374 e. The second kappa shape index (κ2) is 6.32. The van der Waals surface area contributed by atoms with Crippen molar-refractivity contribution in [2.24, 2.45) is 7.05 Å². The quantitative estimate of drug-likeness (QED) is 0.739. The molecule has 2 N–H and O–H groups in total. The van der Waals surface area contributed by atoms with Crippen molar-refractivity contribution in [1.29, 1.82) is 0 Å². The van der Waals surface area contributed by atoms with E-state index in [1.165, 1.54) is 25.6 Å². The normalized spacial score (nSPS) is 14.4. The predicted molar refractivity (Wildman–Crippen MR) is 85.8 cm³/mol. The molecule has 0 fully saturated rings. The van der Waals surface area contributed by atoms with Crippen molar-refractivity contribution in [2.75, 3.05) is 11.9 Å². The van der Waals surface area contributed by atoms with E-state index in [1.54, 1.807) is 18.2 Å². The number of hydrogen-bond donors (Lipinski definition) is 2. The molecule has 0 aliphatic carbocycles. The zero-order valence-corrected chi connectivity index (χ0v) is 13.3. The summed E-state index contributed by atoms with van der Waals surface area (Å²) in [7, 11) is 1.40. The van der Waals surface area contributed by atoms with E-state index in [9.17, 15) is 18.3 Å². The number of aliphatic hydroxyl groups is 1. The number of hydrogen-bond acceptors (Lipinski definition) is 5. The Labute approximate surface area is 141 Å². The minimum Gasteiger partial charge on any atom is -0.374 e. The monoisotopic (exact) mass is 351 g/mol. The third-order valence-electron chi connectivity index (χ3n) is 3.90. The third-order valence-corrected chi connectivity index (χ3v) is 3.90. The standard InChI is InChI=1S/C16H16F3N5O/c1-24-9-8-21-14(24)15(25,16(17,18)19)6-7-20-13-10-22-11-4-2-3-5-12(11)23-13/h2-5,8-10,25H,6-7H2,1H3,(H,20,23)/t15-/m1/s1. The number of anilines is 1. The zero-order valence-electron chi connectivity index (χ0n) is 13.3. The highest BCUT2D eigenvalue weighted by molar-refractivity contribution is 5.75. The molecule has 1 atom stereocenters. The largest absolute Gasteiger partial charge is 0.424 e. The van der Waals surface area contributed by atoms with Gasteiger partial charge >= 0.3 is 6.18 Å². The SMILES string of the molecule is Cn1ccnc1[C@](O)(CCNc1cnc2ccccc2n1)C(F)(F)F. The molecule has 132 valence electrons. The number of para-hydroxylation sites is 2. The summed E-state index contributed by atoms with van der Waals surface area (Å²) in [6.07, 6.45) is -1.46. The summed E-state index contributed by atoms with van der Waals surface area (Å²) in [5, 5.41) is 13.0. The first-order valence-electron chi connectivity index (χ1n) is 7.54. The van der Waals surface area contributed by atoms with E-state index in [0.29, 0.717) is 16.9 Å². The van der Waals surface area contributed by atoms with Crippen molar-refractivity contribution >= 4 is 16.9 Å². The Balaban J connectivity index is 1.76. The zero-order chi connectivity index (χ0) is 18.1. The summed E-state index contributed by atoms with van der Waals surface area (Å²) in [5.74, 6) is -0.116. The Morgan fingerprint density at radius 3 is 2.52 bits per heavy atom. The highest BCUT2D eigenvalue weighted by Gasteiger charge is 2.57. The van der Waals surface area contributed by atoms with Crippen LogP contribution in [0, 0.1) is 0 Å². The lowest BCUT2D eigenvalue weighted by molar-refractivity contribution is -0.271. The molecule has 1 aromatic carbocycles. The fourth-order valence-electron chi connectivity index (χ4n) is 2.56. The Bertz CT molecular complexity index is 879. The Kier molecular flexibility index (Phi) is 4.34. The van der Waals surface area contributed by atoms with Crippen LogP contribution in [0.3, 0.4) is 0 Å². The number of imidazole rings is 1. The summed E-state index contributed by atoms with van der Waals surface area (Å²) < 4.78 is 41.4. The van der Waals surface area contributed by atoms with Gasteiger partial charge in [-0.1, -0.05) is 12.1 Å². The first kappa shape index (κ1) is 17.2. The van der Waals surface area contributed by atoms with E-state index in [2.05, 4.69) is 20.3 Å². The molecule has 0 aliphatic heterocycles. The number of aryl methyl sites for hydroxylation is 1. The molecule has 0 radical (unpaired) electrons. The molecule has 0 bridgehead atoms. The van der Waals surface area contributed by atoms with Gasteiger partial charge in [0, 0.05) is 32.4 Å². The number of nitrogens with zero attached hydrogens (tertiary/aromatic N) is 4. The number of nitrogens with one attached hydrogen (secondary N) is 1. The molecule has 0 amide bonds. The molecule has 0 unspecified atom stereocenters. The Hall–Kier alpha value is -2.68. The highest BCUT2D eigenvalue weighted by Crippen LogP contribution is 2.40. The summed E-state index contributed by atoms with van der Waals surface area (Å²) in [4.78, 5) is 12.1. The van der Waals surface area contributed by atoms with Gasteiger partial charge in [0.15, 0.2) is 0 Å². The van der Waals surface area contributed by atoms with Crippen LogP contribution < -0.4 is 5.32 Å². The molecule has 9 heteroatoms. The van der Waals surface area contributed by atoms with Gasteiger partial charge in [-0.05, 0) is 12.1 Å². The molecule has 6 nitrogen and oxygen atoms in total. The maximum atomic E-state index is 13.4. The fraction of sp³-hybridized carbons (Fsp3) is 0.312. The molecular formula is C16H16F3N5O. The Morgan fingerprint density at radius 1 is 1.16 bits per heavy atom. The van der Waals surface area contributed by atoms with E-state index in [4.69, 9.17) is 0 Å². The first-order chi connectivity index (χ1) is 11.8. The van der Waals surface area contributed by atoms with Crippen LogP contribution in [0.2, 0.25) is 0 Å². The topological polar surface area (TPSA) is 75.9 Å². The minimum absolute atomic E-state index is 0.157. The molecular weight excluding hydrogens is 335 g/mol. The minimum atomic E-state index is -4.86. The van der Waals surface area contributed by atoms with Crippen LogP contribution in [0.15, 0.2) is 42.9 Å². The first-order valence-corrected chi connectivity index (χ1v) is 7.54. The van der Waals surface area contributed by atoms with Gasteiger partial charge in [-0.25, -0.2) is 9.97 Å². The lowest BCUT2D eigenvalue weighted by atomic mass is 9.97. The lowest BCUT2D eigenvalue weighted by Gasteiger charge is -2.30. The van der Waals surface area contributed by atoms with Gasteiger partial charge in [0.2, 0.25) is 5.60 Å². The molecule has 3 rings (SSSR count). The van der Waals surface area contributed by atoms with Gasteiger partial charge in [-0.15, -0.1) is 0 Å². The molecule has 2 aromatic heterocycles. The average molecular weight is 351 g/mol. The number of alkyl halides is 3. The molecule has 0 saturated heterocycles. The van der Waals surface area contributed by atoms with Crippen LogP contribution in [0.1, 0.15) is 12.2 Å². The predicted octanol–water partition coefficient (Wildman–Crippen LogP) is 2.62. The van der Waals surface area contributed by atoms with Crippen molar-refractivity contribution in [2.45, 2.75) is 18.2 Å². The van der Waals surface area contributed by atoms with Crippen LogP contribution in [0.4, 0.5) is 19.0 Å². The van der Waals surface area contributed by atoms with Crippen molar-refractivity contribution in [3.63, 3.8) is 0 Å². The molecule has 25 heavy (non-hydrogen) atoms. The van der Waals surface area contributed by atoms with Crippen molar-refractivity contribution in [3.05, 3.63) is 48.7 Å². The van der Waals surface area contributed by atoms with Crippen LogP contribution in [-0.4, -0.2) is 37.3 Å². The number of benzene rings is 1. The van der Waals surface area contributed by atoms with Gasteiger partial charge in [0.05, 0.1) is 17.2 Å². The highest BCUT2D eigenvalue weighted by atomic mass is 19.4. The van der Waals surface area contributed by atoms with E-state index in [-0.39, 0.29) is 6.54 Å². The fourth-order valence-corrected chi connectivity index (χ4v) is 2.56. The number of halogens is 3. The molecule has 0 saturated carbocycles. The molecule has 0 spiro atoms. The van der Waals surface area contributed by atoms with Gasteiger partial charge in [-0.3, -0.25) is 4.98 Å². The third kappa shape index (κ3) is 3.27. The summed E-state index contributed by atoms with van der Waals surface area (Å²) in [6, 6.07) is 7.16. The second-order valence-corrected chi connectivity index (χ2v) is 5.64. The van der Waals surface area contributed by atoms with Crippen molar-refractivity contribution in [1.82, 2.24) is 19.5 Å². The van der Waals surface area contributed by atoms with E-state index < -0.39 is 24.0 Å². The van der Waals surface area contributed by atoms with Gasteiger partial charge < -0.3 is 15.0 Å². The van der Waals surface area contributed by atoms with Crippen molar-refractivity contribution < 1.29 is 18.3 Å². The van der Waals surface area contributed by atoms with E-state index >= 15 is 0 Å². The molecule has 0 aliphatic rings. The number of rotatable bonds is 5. The summed E-state index contributed by atoms with van der Waals surface area (Å²) in [6.45, 7) is -0.157. The Morgan fingerprint density at radius 2 is 1.88 bits per heavy atom. The second-order valence-electron chi connectivity index (χ2n) is 5.64. The van der Waals surface area contributed by atoms with Gasteiger partial charge in [-0.2, -0.15) is 13.2 Å². The maximum Gasteiger partial charge on any atom is 0.424 e. The summed E-state index contributed by atoms with van der Waals surface area (Å²) in [5.41, 5.74) is -1.74. The molecule has 2 heterocycles. The summed E-state index contributed by atoms with van der Waals surface area (Å²) >= 11 is 0. The van der Waals surface area contributed by atoms with Crippen LogP contribution >= 0.6 is 0 Å². The van der Waals surface area contributed by atoms with E-state index in [1.807, 2.05) is 6.07 Å². The van der Waals surface area contributed by atoms with Gasteiger partial charge in [0.1, 0.15) is 11.6 Å². The lowest BCUT2D eigenvalue weighted by Crippen LogP contribution is -2.45. The number of aromatic nitrogens is 4. The van der Waals surface area contributed by atoms with Gasteiger partial charge in [0.25, 0.3) is 0 Å². The molecule has 3 aromatic rings. The van der Waals surface area contributed by atoms with E-state index in [0.717, 1.165) is 4.57 Å². The number of fused-ring (bicyclic) bond motifs is 1. The van der Waals surface area contributed by atoms with Crippen LogP contribution in [0.25, 0.3) is 11.0 Å². The maximum absolute atomic E-state index is 13.4. The van der Waals surface area contributed by atoms with Crippen LogP contribution in [-0.2, 0) is 12.6 Å². The van der Waals surface area contributed by atoms with Crippen LogP contribution in [0.5, 0.6) is 0 Å². The van der Waals surface area contributed by atoms with Crippen molar-refractivity contribution in [3.8, 4) is 0 Å². The average Bonchev–Trinajstić information content (AvgIpc) is 3.00.